The van der Waals surface area contributed by atoms with Gasteiger partial charge in [-0.05, 0) is 61.2 Å². The Bertz CT molecular complexity index is 857. The molecule has 0 saturated heterocycles. The minimum atomic E-state index is -0.172. The smallest absolute Gasteiger partial charge is 0.306 e. The molecule has 27 heavy (non-hydrogen) atoms. The quantitative estimate of drug-likeness (QED) is 0.545. The van der Waals surface area contributed by atoms with E-state index in [1.54, 1.807) is 0 Å². The number of ether oxygens (including phenoxy) is 1. The van der Waals surface area contributed by atoms with E-state index >= 15 is 0 Å². The largest absolute Gasteiger partial charge is 0.466 e. The molecule has 0 unspecified atom stereocenters. The zero-order chi connectivity index (χ0) is 19.6. The SMILES string of the molecule is CCOC(=O)CCc1ccc2c(c1C)N(c1ccc(Cl)c(CCl)c1)NN2C. The van der Waals surface area contributed by atoms with E-state index in [1.807, 2.05) is 42.2 Å². The Labute approximate surface area is 169 Å². The van der Waals surface area contributed by atoms with E-state index in [-0.39, 0.29) is 5.97 Å². The second kappa shape index (κ2) is 8.38. The number of hydrazine groups is 2. The van der Waals surface area contributed by atoms with Gasteiger partial charge in [0.2, 0.25) is 0 Å². The van der Waals surface area contributed by atoms with Gasteiger partial charge >= 0.3 is 5.97 Å². The molecule has 0 atom stereocenters. The molecule has 0 saturated carbocycles. The molecule has 2 aromatic rings. The average Bonchev–Trinajstić information content (AvgIpc) is 2.99. The number of nitrogens with zero attached hydrogens (tertiary/aromatic N) is 2. The number of alkyl halides is 1. The van der Waals surface area contributed by atoms with E-state index in [0.29, 0.717) is 30.4 Å². The highest BCUT2D eigenvalue weighted by Gasteiger charge is 2.28. The van der Waals surface area contributed by atoms with Gasteiger partial charge in [-0.3, -0.25) is 14.8 Å². The number of anilines is 3. The van der Waals surface area contributed by atoms with Crippen molar-refractivity contribution in [2.45, 2.75) is 32.6 Å². The Morgan fingerprint density at radius 3 is 2.70 bits per heavy atom. The summed E-state index contributed by atoms with van der Waals surface area (Å²) >= 11 is 12.2. The predicted octanol–water partition coefficient (Wildman–Crippen LogP) is 4.89. The first-order valence-electron chi connectivity index (χ1n) is 8.88. The lowest BCUT2D eigenvalue weighted by Gasteiger charge is -2.22. The van der Waals surface area contributed by atoms with Gasteiger partial charge in [-0.15, -0.1) is 17.1 Å². The molecule has 0 bridgehead atoms. The Morgan fingerprint density at radius 2 is 2.00 bits per heavy atom. The minimum absolute atomic E-state index is 0.172. The van der Waals surface area contributed by atoms with Crippen LogP contribution in [-0.4, -0.2) is 19.6 Å². The molecule has 0 fully saturated rings. The molecule has 7 heteroatoms. The Morgan fingerprint density at radius 1 is 1.22 bits per heavy atom. The minimum Gasteiger partial charge on any atom is -0.466 e. The van der Waals surface area contributed by atoms with Crippen molar-refractivity contribution in [1.82, 2.24) is 5.53 Å². The van der Waals surface area contributed by atoms with Gasteiger partial charge in [-0.2, -0.15) is 0 Å². The highest BCUT2D eigenvalue weighted by Crippen LogP contribution is 2.42. The lowest BCUT2D eigenvalue weighted by atomic mass is 10.0. The second-order valence-electron chi connectivity index (χ2n) is 6.43. The predicted molar refractivity (Wildman–Crippen MR) is 111 cm³/mol. The van der Waals surface area contributed by atoms with Crippen LogP contribution in [0.1, 0.15) is 30.0 Å². The highest BCUT2D eigenvalue weighted by atomic mass is 35.5. The topological polar surface area (TPSA) is 44.8 Å². The molecule has 0 amide bonds. The number of halogens is 2. The van der Waals surface area contributed by atoms with Crippen LogP contribution >= 0.6 is 23.2 Å². The van der Waals surface area contributed by atoms with E-state index in [2.05, 4.69) is 24.6 Å². The molecule has 1 N–H and O–H groups in total. The first-order valence-corrected chi connectivity index (χ1v) is 9.80. The zero-order valence-electron chi connectivity index (χ0n) is 15.7. The van der Waals surface area contributed by atoms with E-state index in [1.165, 1.54) is 0 Å². The highest BCUT2D eigenvalue weighted by molar-refractivity contribution is 6.32. The number of benzene rings is 2. The third kappa shape index (κ3) is 4.00. The zero-order valence-corrected chi connectivity index (χ0v) is 17.2. The number of nitrogens with one attached hydrogen (secondary N) is 1. The first-order chi connectivity index (χ1) is 13.0. The molecule has 1 aliphatic heterocycles. The van der Waals surface area contributed by atoms with Crippen molar-refractivity contribution in [1.29, 1.82) is 0 Å². The van der Waals surface area contributed by atoms with Gasteiger partial charge in [0.1, 0.15) is 0 Å². The molecule has 1 heterocycles. The molecule has 5 nitrogen and oxygen atoms in total. The van der Waals surface area contributed by atoms with Crippen molar-refractivity contribution < 1.29 is 9.53 Å². The van der Waals surface area contributed by atoms with E-state index in [0.717, 1.165) is 33.8 Å². The summed E-state index contributed by atoms with van der Waals surface area (Å²) in [4.78, 5) is 11.7. The summed E-state index contributed by atoms with van der Waals surface area (Å²) < 4.78 is 5.05. The second-order valence-corrected chi connectivity index (χ2v) is 7.10. The normalized spacial score (nSPS) is 13.1. The van der Waals surface area contributed by atoms with Gasteiger partial charge in [0.15, 0.2) is 0 Å². The summed E-state index contributed by atoms with van der Waals surface area (Å²) in [5.74, 6) is 0.177. The monoisotopic (exact) mass is 407 g/mol. The number of esters is 1. The molecule has 3 rings (SSSR count). The number of carbonyl (C=O) groups is 1. The van der Waals surface area contributed by atoms with Crippen LogP contribution in [0.5, 0.6) is 0 Å². The number of rotatable bonds is 6. The van der Waals surface area contributed by atoms with E-state index in [9.17, 15) is 4.79 Å². The third-order valence-corrected chi connectivity index (χ3v) is 5.35. The van der Waals surface area contributed by atoms with Crippen molar-refractivity contribution in [2.24, 2.45) is 0 Å². The molecule has 0 aliphatic carbocycles. The third-order valence-electron chi connectivity index (χ3n) is 4.69. The molecule has 0 spiro atoms. The van der Waals surface area contributed by atoms with Crippen molar-refractivity contribution in [3.05, 3.63) is 52.0 Å². The maximum atomic E-state index is 11.7. The molecule has 1 aliphatic rings. The molecular formula is C20H23Cl2N3O2. The molecule has 0 radical (unpaired) electrons. The van der Waals surface area contributed by atoms with Crippen molar-refractivity contribution in [3.8, 4) is 0 Å². The Balaban J connectivity index is 1.94. The molecule has 2 aromatic carbocycles. The van der Waals surface area contributed by atoms with Crippen LogP contribution in [0.2, 0.25) is 5.02 Å². The lowest BCUT2D eigenvalue weighted by Crippen LogP contribution is -2.39. The van der Waals surface area contributed by atoms with Crippen LogP contribution in [-0.2, 0) is 21.8 Å². The number of hydrogen-bond donors (Lipinski definition) is 1. The molecule has 0 aromatic heterocycles. The summed E-state index contributed by atoms with van der Waals surface area (Å²) in [6.07, 6.45) is 1.01. The number of aryl methyl sites for hydroxylation is 1. The van der Waals surface area contributed by atoms with Crippen molar-refractivity contribution >= 4 is 46.2 Å². The van der Waals surface area contributed by atoms with Crippen LogP contribution in [0.25, 0.3) is 0 Å². The van der Waals surface area contributed by atoms with Gasteiger partial charge in [0.25, 0.3) is 0 Å². The lowest BCUT2D eigenvalue weighted by molar-refractivity contribution is -0.143. The van der Waals surface area contributed by atoms with Crippen LogP contribution in [0.3, 0.4) is 0 Å². The van der Waals surface area contributed by atoms with Gasteiger partial charge in [-0.1, -0.05) is 17.7 Å². The maximum absolute atomic E-state index is 11.7. The summed E-state index contributed by atoms with van der Waals surface area (Å²) in [5, 5.41) is 4.64. The fraction of sp³-hybridized carbons (Fsp3) is 0.350. The number of hydrogen-bond acceptors (Lipinski definition) is 5. The fourth-order valence-electron chi connectivity index (χ4n) is 3.26. The summed E-state index contributed by atoms with van der Waals surface area (Å²) in [6, 6.07) is 9.93. The maximum Gasteiger partial charge on any atom is 0.306 e. The van der Waals surface area contributed by atoms with Crippen LogP contribution in [0.15, 0.2) is 30.3 Å². The van der Waals surface area contributed by atoms with Gasteiger partial charge < -0.3 is 4.74 Å². The van der Waals surface area contributed by atoms with Crippen LogP contribution in [0.4, 0.5) is 17.1 Å². The van der Waals surface area contributed by atoms with Crippen LogP contribution in [0, 0.1) is 6.92 Å². The molecular weight excluding hydrogens is 385 g/mol. The standard InChI is InChI=1S/C20H23Cl2N3O2/c1-4-27-19(26)10-6-14-5-9-18-20(13(14)2)25(23-24(18)3)16-7-8-17(22)15(11-16)12-21/h5,7-9,11,23H,4,6,10,12H2,1-3H3. The Hall–Kier alpha value is -1.95. The summed E-state index contributed by atoms with van der Waals surface area (Å²) in [6.45, 7) is 4.30. The van der Waals surface area contributed by atoms with Crippen molar-refractivity contribution in [2.75, 3.05) is 23.7 Å². The number of fused-ring (bicyclic) bond motifs is 1. The fourth-order valence-corrected chi connectivity index (χ4v) is 3.74. The van der Waals surface area contributed by atoms with E-state index < -0.39 is 0 Å². The van der Waals surface area contributed by atoms with Gasteiger partial charge in [-0.25, -0.2) is 0 Å². The summed E-state index contributed by atoms with van der Waals surface area (Å²) in [5.41, 5.74) is 9.54. The van der Waals surface area contributed by atoms with E-state index in [4.69, 9.17) is 27.9 Å². The average molecular weight is 408 g/mol. The Kier molecular flexibility index (Phi) is 6.15. The summed E-state index contributed by atoms with van der Waals surface area (Å²) in [7, 11) is 1.97. The van der Waals surface area contributed by atoms with Gasteiger partial charge in [0.05, 0.1) is 23.7 Å². The van der Waals surface area contributed by atoms with Gasteiger partial charge in [0, 0.05) is 24.4 Å². The number of carbonyl (C=O) groups excluding carboxylic acids is 1. The molecule has 144 valence electrons. The van der Waals surface area contributed by atoms with Crippen LogP contribution < -0.4 is 15.6 Å². The first kappa shape index (κ1) is 19.8. The van der Waals surface area contributed by atoms with Crippen molar-refractivity contribution in [3.63, 3.8) is 0 Å².